The lowest BCUT2D eigenvalue weighted by molar-refractivity contribution is 0.00578. The summed E-state index contributed by atoms with van der Waals surface area (Å²) in [6, 6.07) is 21.4. The second kappa shape index (κ2) is 18.8. The maximum Gasteiger partial charge on any atom is 0.497 e. The number of fused-ring (bicyclic) bond motifs is 2. The Labute approximate surface area is 430 Å². The Kier molecular flexibility index (Phi) is 14.3. The topological polar surface area (TPSA) is 181 Å². The van der Waals surface area contributed by atoms with Crippen LogP contribution in [0.5, 0.6) is 0 Å². The molecule has 0 aliphatic carbocycles. The molecule has 0 atom stereocenters. The van der Waals surface area contributed by atoms with Gasteiger partial charge in [-0.2, -0.15) is 10.5 Å². The van der Waals surface area contributed by atoms with Crippen molar-refractivity contribution in [3.05, 3.63) is 124 Å². The molecule has 3 saturated heterocycles. The molecule has 378 valence electrons. The lowest BCUT2D eigenvalue weighted by atomic mass is 9.49. The summed E-state index contributed by atoms with van der Waals surface area (Å²) in [4.78, 5) is 0.0930. The third kappa shape index (κ3) is 9.94. The number of halogens is 3. The van der Waals surface area contributed by atoms with Crippen LogP contribution in [0.3, 0.4) is 0 Å². The number of hydrogen-bond donors (Lipinski definition) is 0. The smallest absolute Gasteiger partial charge is 0.405 e. The lowest BCUT2D eigenvalue weighted by Gasteiger charge is -2.32. The third-order valence-electron chi connectivity index (χ3n) is 14.3. The molecule has 14 nitrogen and oxygen atoms in total. The zero-order valence-corrected chi connectivity index (χ0v) is 45.9. The zero-order chi connectivity index (χ0) is 53.5. The minimum Gasteiger partial charge on any atom is -0.405 e. The first-order valence-corrected chi connectivity index (χ1v) is 26.6. The lowest BCUT2D eigenvalue weighted by Crippen LogP contribution is -2.41. The highest BCUT2D eigenvalue weighted by Crippen LogP contribution is 2.43. The molecule has 0 amide bonds. The Morgan fingerprint density at radius 1 is 0.514 bits per heavy atom. The van der Waals surface area contributed by atoms with Crippen LogP contribution in [-0.2, 0) is 48.0 Å². The molecule has 3 fully saturated rings. The van der Waals surface area contributed by atoms with Crippen molar-refractivity contribution in [1.29, 1.82) is 10.5 Å². The van der Waals surface area contributed by atoms with Crippen LogP contribution in [0, 0.1) is 48.1 Å². The second-order valence-corrected chi connectivity index (χ2v) is 25.5. The Balaban J connectivity index is 0.000000165. The minimum absolute atomic E-state index is 0.0271. The maximum atomic E-state index is 15.1. The predicted molar refractivity (Wildman–Crippen MR) is 276 cm³/mol. The summed E-state index contributed by atoms with van der Waals surface area (Å²) >= 11 is 3.23. The average Bonchev–Trinajstić information content (AvgIpc) is 4.02. The molecule has 5 heterocycles. The van der Waals surface area contributed by atoms with Crippen LogP contribution < -0.4 is 5.46 Å². The maximum absolute atomic E-state index is 15.1. The van der Waals surface area contributed by atoms with Crippen molar-refractivity contribution in [2.45, 2.75) is 140 Å². The number of hydrogen-bond acceptors (Lipinski definition) is 12. The van der Waals surface area contributed by atoms with E-state index in [4.69, 9.17) is 33.2 Å². The van der Waals surface area contributed by atoms with Crippen LogP contribution in [0.4, 0.5) is 8.78 Å². The van der Waals surface area contributed by atoms with E-state index in [2.05, 4.69) is 15.9 Å². The fraction of sp³-hybridized carbons (Fsp3) is 0.400. The van der Waals surface area contributed by atoms with Gasteiger partial charge in [-0.15, -0.1) is 0 Å². The number of nitrogens with zero attached hydrogens (tertiary/aromatic N) is 4. The molecule has 3 aliphatic heterocycles. The molecule has 2 aromatic heterocycles. The minimum atomic E-state index is -4.11. The molecule has 0 saturated carbocycles. The summed E-state index contributed by atoms with van der Waals surface area (Å²) in [7, 11) is -9.92. The van der Waals surface area contributed by atoms with Crippen LogP contribution in [0.1, 0.15) is 105 Å². The van der Waals surface area contributed by atoms with Gasteiger partial charge < -0.3 is 27.9 Å². The average molecular weight is 1090 g/mol. The third-order valence-corrected chi connectivity index (χ3v) is 18.3. The van der Waals surface area contributed by atoms with Gasteiger partial charge in [-0.05, 0) is 161 Å². The number of aromatic nitrogens is 2. The SMILES string of the molecule is CC1(C)OB(B2OC(C)(C)C(C)(C)O2)OC1(C)C.Cc1ccc(S(=O)(=O)n2cc(B3OC(C)(C)C(C)(C)O3)c3cc(C#N)cc(F)c32)cc1.Cc1ccc(S(=O)(=O)n2cc(Br)c3cc(C#N)cc(F)c32)cc1. The molecule has 22 heteroatoms. The van der Waals surface area contributed by atoms with Crippen molar-refractivity contribution < 1.29 is 53.5 Å². The monoisotopic (exact) mass is 1090 g/mol. The van der Waals surface area contributed by atoms with Gasteiger partial charge in [0.25, 0.3) is 20.0 Å². The summed E-state index contributed by atoms with van der Waals surface area (Å²) in [5, 5.41) is 18.8. The van der Waals surface area contributed by atoms with Gasteiger partial charge in [0.15, 0.2) is 0 Å². The Morgan fingerprint density at radius 3 is 1.19 bits per heavy atom. The first-order chi connectivity index (χ1) is 33.1. The number of rotatable bonds is 6. The fourth-order valence-corrected chi connectivity index (χ4v) is 11.3. The number of nitriles is 2. The van der Waals surface area contributed by atoms with E-state index in [1.807, 2.05) is 109 Å². The van der Waals surface area contributed by atoms with Gasteiger partial charge in [-0.3, -0.25) is 0 Å². The van der Waals surface area contributed by atoms with Crippen LogP contribution in [0.25, 0.3) is 21.8 Å². The van der Waals surface area contributed by atoms with Crippen LogP contribution in [0.15, 0.2) is 99.5 Å². The second-order valence-electron chi connectivity index (χ2n) is 21.1. The summed E-state index contributed by atoms with van der Waals surface area (Å²) < 4.78 is 120. The van der Waals surface area contributed by atoms with E-state index in [0.717, 1.165) is 31.2 Å². The van der Waals surface area contributed by atoms with Gasteiger partial charge in [-0.25, -0.2) is 33.6 Å². The van der Waals surface area contributed by atoms with Crippen molar-refractivity contribution in [1.82, 2.24) is 7.94 Å². The quantitative estimate of drug-likeness (QED) is 0.144. The molecule has 0 bridgehead atoms. The highest BCUT2D eigenvalue weighted by atomic mass is 79.9. The standard InChI is InChI=1S/C22H22BFN2O4S.C16H10BrFN2O2S.C12H24B2O4/c1-14-6-8-16(9-7-14)31(27,28)26-13-18(23-29-21(2,3)22(4,5)30-23)17-10-15(12-25)11-19(24)20(17)26;1-10-2-4-12(5-3-10)23(21,22)20-9-14(17)13-6-11(8-19)7-15(18)16(13)20;1-9(2)10(3,4)16-13(15-9)14-17-11(5,6)12(7,8)18-14/h6-11,13H,1-5H3;2-7,9H,1H3;1-8H3. The van der Waals surface area contributed by atoms with Crippen molar-refractivity contribution in [3.8, 4) is 12.1 Å². The summed E-state index contributed by atoms with van der Waals surface area (Å²) in [5.74, 6) is -1.58. The first-order valence-electron chi connectivity index (χ1n) is 23.0. The largest absolute Gasteiger partial charge is 0.497 e. The van der Waals surface area contributed by atoms with E-state index < -0.39 is 64.0 Å². The van der Waals surface area contributed by atoms with E-state index in [9.17, 15) is 26.5 Å². The Bertz CT molecular complexity index is 3340. The van der Waals surface area contributed by atoms with E-state index in [1.54, 1.807) is 24.3 Å². The van der Waals surface area contributed by atoms with Crippen molar-refractivity contribution in [2.24, 2.45) is 0 Å². The van der Waals surface area contributed by atoms with Gasteiger partial charge in [-0.1, -0.05) is 35.4 Å². The van der Waals surface area contributed by atoms with Gasteiger partial charge in [0, 0.05) is 33.1 Å². The van der Waals surface area contributed by atoms with Crippen molar-refractivity contribution in [3.63, 3.8) is 0 Å². The van der Waals surface area contributed by atoms with E-state index >= 15 is 4.39 Å². The number of benzene rings is 4. The molecule has 3 aliphatic rings. The highest BCUT2D eigenvalue weighted by Gasteiger charge is 2.64. The van der Waals surface area contributed by atoms with E-state index in [0.29, 0.717) is 15.3 Å². The molecule has 9 rings (SSSR count). The summed E-state index contributed by atoms with van der Waals surface area (Å²) in [6.07, 6.45) is 2.62. The number of aryl methyl sites for hydroxylation is 2. The van der Waals surface area contributed by atoms with Gasteiger partial charge in [0.2, 0.25) is 0 Å². The van der Waals surface area contributed by atoms with E-state index in [-0.39, 0.29) is 59.7 Å². The fourth-order valence-electron chi connectivity index (χ4n) is 7.86. The molecule has 0 unspecified atom stereocenters. The molecular formula is C50H56B3BrF2N4O10S2. The molecule has 4 aromatic carbocycles. The molecule has 6 aromatic rings. The zero-order valence-electron chi connectivity index (χ0n) is 42.6. The first kappa shape index (κ1) is 54.9. The van der Waals surface area contributed by atoms with Crippen LogP contribution >= 0.6 is 15.9 Å². The summed E-state index contributed by atoms with van der Waals surface area (Å²) in [5.41, 5.74) is -0.645. The van der Waals surface area contributed by atoms with Crippen molar-refractivity contribution in [2.75, 3.05) is 0 Å². The molecule has 0 N–H and O–H groups in total. The highest BCUT2D eigenvalue weighted by molar-refractivity contribution is 9.10. The van der Waals surface area contributed by atoms with Gasteiger partial charge in [0.05, 0.1) is 72.2 Å². The van der Waals surface area contributed by atoms with Gasteiger partial charge in [0.1, 0.15) is 17.2 Å². The molecule has 0 radical (unpaired) electrons. The van der Waals surface area contributed by atoms with Crippen LogP contribution in [0.2, 0.25) is 0 Å². The summed E-state index contributed by atoms with van der Waals surface area (Å²) in [6.45, 7) is 27.4. The molecule has 0 spiro atoms. The Morgan fingerprint density at radius 2 is 0.833 bits per heavy atom. The molecular weight excluding hydrogens is 1030 g/mol. The normalized spacial score (nSPS) is 19.3. The van der Waals surface area contributed by atoms with Gasteiger partial charge >= 0.3 is 21.1 Å². The Hall–Kier alpha value is -4.87. The van der Waals surface area contributed by atoms with E-state index in [1.165, 1.54) is 48.8 Å². The molecule has 72 heavy (non-hydrogen) atoms. The van der Waals surface area contributed by atoms with Crippen molar-refractivity contribution >= 4 is 84.4 Å². The predicted octanol–water partition coefficient (Wildman–Crippen LogP) is 9.71. The van der Waals surface area contributed by atoms with Crippen LogP contribution in [-0.4, -0.2) is 79.5 Å².